The molecule has 2 aliphatic rings. The third-order valence-corrected chi connectivity index (χ3v) is 9.54. The summed E-state index contributed by atoms with van der Waals surface area (Å²) < 4.78 is 0. The molecule has 2 atom stereocenters. The van der Waals surface area contributed by atoms with Gasteiger partial charge in [-0.1, -0.05) is 134 Å². The van der Waals surface area contributed by atoms with Gasteiger partial charge in [0.1, 0.15) is 11.6 Å². The summed E-state index contributed by atoms with van der Waals surface area (Å²) >= 11 is 0. The summed E-state index contributed by atoms with van der Waals surface area (Å²) in [5, 5.41) is 19.1. The number of hydrogen-bond acceptors (Lipinski definition) is 4. The number of nitrogens with two attached hydrogens (primary N) is 1. The highest BCUT2D eigenvalue weighted by atomic mass is 16.3. The van der Waals surface area contributed by atoms with Gasteiger partial charge in [-0.25, -0.2) is 0 Å². The van der Waals surface area contributed by atoms with Crippen LogP contribution in [0.5, 0.6) is 5.75 Å². The van der Waals surface area contributed by atoms with Crippen LogP contribution in [0, 0.1) is 11.8 Å². The number of nitrogen functional groups attached to an aromatic ring is 1. The quantitative estimate of drug-likeness (QED) is 0.423. The molecule has 0 bridgehead atoms. The minimum Gasteiger partial charge on any atom is -0.507 e. The normalized spacial score (nSPS) is 24.3. The van der Waals surface area contributed by atoms with Crippen molar-refractivity contribution < 1.29 is 5.11 Å². The van der Waals surface area contributed by atoms with E-state index < -0.39 is 0 Å². The van der Waals surface area contributed by atoms with Crippen LogP contribution < -0.4 is 5.73 Å². The Labute approximate surface area is 232 Å². The molecule has 38 heavy (non-hydrogen) atoms. The first-order chi connectivity index (χ1) is 18.7. The highest BCUT2D eigenvalue weighted by Gasteiger charge is 2.24. The number of phenolic OH excluding ortho intramolecular Hbond substituents is 1. The third-order valence-electron chi connectivity index (χ3n) is 9.54. The molecule has 2 aliphatic carbocycles. The van der Waals surface area contributed by atoms with Crippen LogP contribution in [0.15, 0.2) is 30.3 Å². The molecule has 1 heterocycles. The fourth-order valence-electron chi connectivity index (χ4n) is 7.26. The van der Waals surface area contributed by atoms with E-state index in [-0.39, 0.29) is 5.75 Å². The molecule has 2 saturated carbocycles. The van der Waals surface area contributed by atoms with Gasteiger partial charge in [-0.2, -0.15) is 0 Å². The molecule has 4 nitrogen and oxygen atoms in total. The Morgan fingerprint density at radius 1 is 0.579 bits per heavy atom. The van der Waals surface area contributed by atoms with E-state index in [9.17, 15) is 5.11 Å². The Morgan fingerprint density at radius 2 is 1.05 bits per heavy atom. The maximum atomic E-state index is 10.4. The average molecular weight is 520 g/mol. The minimum absolute atomic E-state index is 0.246. The van der Waals surface area contributed by atoms with E-state index in [4.69, 9.17) is 5.73 Å². The molecule has 0 spiro atoms. The molecule has 4 heteroatoms. The summed E-state index contributed by atoms with van der Waals surface area (Å²) in [6.45, 7) is 0. The summed E-state index contributed by atoms with van der Waals surface area (Å²) in [5.41, 5.74) is 9.04. The summed E-state index contributed by atoms with van der Waals surface area (Å²) in [5.74, 6) is 3.05. The van der Waals surface area contributed by atoms with Crippen molar-refractivity contribution in [2.45, 2.75) is 141 Å². The van der Waals surface area contributed by atoms with Gasteiger partial charge in [0, 0.05) is 11.1 Å². The van der Waals surface area contributed by atoms with Crippen LogP contribution in [0.2, 0.25) is 0 Å². The van der Waals surface area contributed by atoms with Crippen molar-refractivity contribution in [1.29, 1.82) is 0 Å². The first-order valence-electron chi connectivity index (χ1n) is 16.1. The molecule has 4 rings (SSSR count). The van der Waals surface area contributed by atoms with Crippen LogP contribution in [0.1, 0.15) is 146 Å². The summed E-state index contributed by atoms with van der Waals surface area (Å²) in [4.78, 5) is 0. The number of benzene rings is 1. The second-order valence-corrected chi connectivity index (χ2v) is 12.3. The number of hydrogen-bond donors (Lipinski definition) is 2. The maximum absolute atomic E-state index is 10.4. The highest BCUT2D eigenvalue weighted by molar-refractivity contribution is 5.67. The summed E-state index contributed by atoms with van der Waals surface area (Å²) in [7, 11) is 0. The number of nitrogens with zero attached hydrogens (tertiary/aromatic N) is 2. The first kappa shape index (κ1) is 28.9. The largest absolute Gasteiger partial charge is 0.507 e. The molecule has 0 saturated heterocycles. The fourth-order valence-corrected chi connectivity index (χ4v) is 7.26. The molecule has 1 aromatic carbocycles. The van der Waals surface area contributed by atoms with Gasteiger partial charge >= 0.3 is 0 Å². The van der Waals surface area contributed by atoms with Crippen LogP contribution >= 0.6 is 0 Å². The van der Waals surface area contributed by atoms with Crippen LogP contribution in [0.25, 0.3) is 11.3 Å². The molecule has 0 amide bonds. The van der Waals surface area contributed by atoms with Gasteiger partial charge in [-0.15, -0.1) is 10.2 Å². The Balaban J connectivity index is 1.46. The Bertz CT molecular complexity index is 933. The number of para-hydroxylation sites is 1. The van der Waals surface area contributed by atoms with Crippen LogP contribution in [0.3, 0.4) is 0 Å². The SMILES string of the molecule is Nc1nnc(-c2ccccc2O)cc1C1CCCCCCCC(C2CCCCCCCCCCC2)CCC1. The number of aromatic nitrogens is 2. The van der Waals surface area contributed by atoms with Gasteiger partial charge < -0.3 is 10.8 Å². The molecule has 2 unspecified atom stereocenters. The molecule has 0 radical (unpaired) electrons. The van der Waals surface area contributed by atoms with E-state index in [1.807, 2.05) is 18.2 Å². The number of aromatic hydroxyl groups is 1. The van der Waals surface area contributed by atoms with E-state index >= 15 is 0 Å². The molecule has 3 N–H and O–H groups in total. The molecule has 210 valence electrons. The Hall–Kier alpha value is -2.10. The number of phenols is 1. The number of anilines is 1. The van der Waals surface area contributed by atoms with Crippen molar-refractivity contribution in [2.75, 3.05) is 5.73 Å². The van der Waals surface area contributed by atoms with E-state index in [2.05, 4.69) is 16.3 Å². The maximum Gasteiger partial charge on any atom is 0.149 e. The zero-order valence-electron chi connectivity index (χ0n) is 23.9. The Morgan fingerprint density at radius 3 is 1.63 bits per heavy atom. The molecule has 2 aromatic rings. The van der Waals surface area contributed by atoms with Gasteiger partial charge in [0.15, 0.2) is 0 Å². The zero-order chi connectivity index (χ0) is 26.4. The van der Waals surface area contributed by atoms with Crippen molar-refractivity contribution in [3.8, 4) is 17.0 Å². The van der Waals surface area contributed by atoms with Crippen molar-refractivity contribution in [3.05, 3.63) is 35.9 Å². The lowest BCUT2D eigenvalue weighted by molar-refractivity contribution is 0.232. The zero-order valence-corrected chi connectivity index (χ0v) is 23.9. The fraction of sp³-hybridized carbons (Fsp3) is 0.706. The monoisotopic (exact) mass is 519 g/mol. The highest BCUT2D eigenvalue weighted by Crippen LogP contribution is 2.38. The predicted molar refractivity (Wildman–Crippen MR) is 160 cm³/mol. The molecular weight excluding hydrogens is 466 g/mol. The van der Waals surface area contributed by atoms with Crippen molar-refractivity contribution in [1.82, 2.24) is 10.2 Å². The standard InChI is InChI=1S/C34H53N3O/c35-34-31(26-32(36-37-34)30-24-15-16-25-33(30)38)29-21-14-10-6-9-13-20-28(22-17-23-29)27-18-11-7-4-2-1-3-5-8-12-19-27/h15-16,24-29,38H,1-14,17-23H2,(H2,35,37). The molecule has 2 fully saturated rings. The number of rotatable bonds is 3. The smallest absolute Gasteiger partial charge is 0.149 e. The van der Waals surface area contributed by atoms with Gasteiger partial charge in [0.05, 0.1) is 5.69 Å². The topological polar surface area (TPSA) is 72.0 Å². The molecular formula is C34H53N3O. The molecule has 0 aliphatic heterocycles. The van der Waals surface area contributed by atoms with E-state index in [1.165, 1.54) is 135 Å². The van der Waals surface area contributed by atoms with Gasteiger partial charge in [-0.3, -0.25) is 0 Å². The second kappa shape index (κ2) is 16.1. The van der Waals surface area contributed by atoms with E-state index in [0.717, 1.165) is 28.7 Å². The van der Waals surface area contributed by atoms with Crippen LogP contribution in [0.4, 0.5) is 5.82 Å². The average Bonchev–Trinajstić information content (AvgIpc) is 2.91. The van der Waals surface area contributed by atoms with Gasteiger partial charge in [0.2, 0.25) is 0 Å². The third kappa shape index (κ3) is 8.99. The van der Waals surface area contributed by atoms with E-state index in [0.29, 0.717) is 11.7 Å². The molecule has 1 aromatic heterocycles. The summed E-state index contributed by atoms with van der Waals surface area (Å²) in [6, 6.07) is 9.51. The van der Waals surface area contributed by atoms with Crippen molar-refractivity contribution >= 4 is 5.82 Å². The van der Waals surface area contributed by atoms with Crippen molar-refractivity contribution in [2.24, 2.45) is 11.8 Å². The van der Waals surface area contributed by atoms with Gasteiger partial charge in [-0.05, 0) is 48.8 Å². The van der Waals surface area contributed by atoms with E-state index in [1.54, 1.807) is 6.07 Å². The van der Waals surface area contributed by atoms with Crippen molar-refractivity contribution in [3.63, 3.8) is 0 Å². The Kier molecular flexibility index (Phi) is 12.2. The minimum atomic E-state index is 0.246. The predicted octanol–water partition coefficient (Wildman–Crippen LogP) is 9.97. The van der Waals surface area contributed by atoms with Crippen LogP contribution in [-0.2, 0) is 0 Å². The first-order valence-corrected chi connectivity index (χ1v) is 16.1. The lowest BCUT2D eigenvalue weighted by Gasteiger charge is -2.29. The summed E-state index contributed by atoms with van der Waals surface area (Å²) in [6.07, 6.45) is 29.1. The lowest BCUT2D eigenvalue weighted by Crippen LogP contribution is -2.17. The van der Waals surface area contributed by atoms with Gasteiger partial charge in [0.25, 0.3) is 0 Å². The second-order valence-electron chi connectivity index (χ2n) is 12.3. The lowest BCUT2D eigenvalue weighted by atomic mass is 9.76. The van der Waals surface area contributed by atoms with Crippen LogP contribution in [-0.4, -0.2) is 15.3 Å².